The summed E-state index contributed by atoms with van der Waals surface area (Å²) in [5.74, 6) is 2.08. The van der Waals surface area contributed by atoms with Gasteiger partial charge in [0.25, 0.3) is 0 Å². The van der Waals surface area contributed by atoms with Gasteiger partial charge in [-0.15, -0.1) is 0 Å². The summed E-state index contributed by atoms with van der Waals surface area (Å²) in [6, 6.07) is 1.75. The minimum atomic E-state index is 0.865. The third-order valence-electron chi connectivity index (χ3n) is 5.51. The number of hydrogen-bond acceptors (Lipinski definition) is 2. The van der Waals surface area contributed by atoms with Gasteiger partial charge in [-0.1, -0.05) is 19.8 Å². The third-order valence-corrected chi connectivity index (χ3v) is 5.51. The molecular formula is C17H32N2. The minimum Gasteiger partial charge on any atom is -0.312 e. The van der Waals surface area contributed by atoms with Crippen molar-refractivity contribution >= 4 is 0 Å². The zero-order valence-corrected chi connectivity index (χ0v) is 12.7. The topological polar surface area (TPSA) is 15.3 Å². The lowest BCUT2D eigenvalue weighted by molar-refractivity contribution is 0.191. The highest BCUT2D eigenvalue weighted by Crippen LogP contribution is 2.44. The zero-order valence-electron chi connectivity index (χ0n) is 12.7. The maximum Gasteiger partial charge on any atom is 0.0124 e. The second-order valence-electron chi connectivity index (χ2n) is 7.10. The molecule has 1 aliphatic heterocycles. The quantitative estimate of drug-likeness (QED) is 0.758. The predicted octanol–water partition coefficient (Wildman–Crippen LogP) is 3.42. The van der Waals surface area contributed by atoms with Crippen molar-refractivity contribution in [2.45, 2.75) is 76.8 Å². The SMILES string of the molecule is CCC1CCCCCN1CCNC(C1CC1)C1CC1. The second-order valence-corrected chi connectivity index (χ2v) is 7.10. The van der Waals surface area contributed by atoms with Crippen molar-refractivity contribution in [1.29, 1.82) is 0 Å². The molecule has 1 unspecified atom stereocenters. The van der Waals surface area contributed by atoms with E-state index in [0.717, 1.165) is 23.9 Å². The normalized spacial score (nSPS) is 29.7. The molecule has 1 saturated heterocycles. The largest absolute Gasteiger partial charge is 0.312 e. The van der Waals surface area contributed by atoms with E-state index in [4.69, 9.17) is 0 Å². The average Bonchev–Trinajstić information content (AvgIpc) is 3.31. The van der Waals surface area contributed by atoms with E-state index in [-0.39, 0.29) is 0 Å². The first-order valence-corrected chi connectivity index (χ1v) is 8.86. The van der Waals surface area contributed by atoms with Gasteiger partial charge < -0.3 is 5.32 Å². The molecule has 110 valence electrons. The smallest absolute Gasteiger partial charge is 0.0124 e. The molecule has 3 fully saturated rings. The molecule has 0 amide bonds. The molecule has 1 atom stereocenters. The van der Waals surface area contributed by atoms with Gasteiger partial charge in [0.2, 0.25) is 0 Å². The number of hydrogen-bond donors (Lipinski definition) is 1. The van der Waals surface area contributed by atoms with Crippen molar-refractivity contribution in [3.63, 3.8) is 0 Å². The van der Waals surface area contributed by atoms with Gasteiger partial charge in [-0.05, 0) is 63.3 Å². The molecule has 2 nitrogen and oxygen atoms in total. The summed E-state index contributed by atoms with van der Waals surface area (Å²) in [4.78, 5) is 2.77. The molecule has 0 radical (unpaired) electrons. The Morgan fingerprint density at radius 2 is 1.74 bits per heavy atom. The summed E-state index contributed by atoms with van der Waals surface area (Å²) in [5.41, 5.74) is 0. The summed E-state index contributed by atoms with van der Waals surface area (Å²) in [6.07, 6.45) is 13.1. The Kier molecular flexibility index (Phi) is 4.81. The fraction of sp³-hybridized carbons (Fsp3) is 1.00. The van der Waals surface area contributed by atoms with Crippen LogP contribution in [0.1, 0.15) is 64.7 Å². The summed E-state index contributed by atoms with van der Waals surface area (Å²) in [7, 11) is 0. The lowest BCUT2D eigenvalue weighted by Gasteiger charge is -2.30. The van der Waals surface area contributed by atoms with Crippen molar-refractivity contribution in [1.82, 2.24) is 10.2 Å². The molecule has 0 aromatic rings. The van der Waals surface area contributed by atoms with Gasteiger partial charge in [0, 0.05) is 25.2 Å². The first-order chi connectivity index (χ1) is 9.38. The van der Waals surface area contributed by atoms with Crippen LogP contribution >= 0.6 is 0 Å². The Labute approximate surface area is 119 Å². The number of likely N-dealkylation sites (tertiary alicyclic amines) is 1. The van der Waals surface area contributed by atoms with Crippen molar-refractivity contribution in [3.05, 3.63) is 0 Å². The van der Waals surface area contributed by atoms with Crippen LogP contribution < -0.4 is 5.32 Å². The van der Waals surface area contributed by atoms with Gasteiger partial charge >= 0.3 is 0 Å². The van der Waals surface area contributed by atoms with E-state index in [1.165, 1.54) is 77.4 Å². The molecule has 1 heterocycles. The van der Waals surface area contributed by atoms with Crippen LogP contribution in [0.3, 0.4) is 0 Å². The highest BCUT2D eigenvalue weighted by Gasteiger charge is 2.40. The van der Waals surface area contributed by atoms with E-state index in [1.54, 1.807) is 0 Å². The van der Waals surface area contributed by atoms with Crippen molar-refractivity contribution < 1.29 is 0 Å². The van der Waals surface area contributed by atoms with Crippen LogP contribution in [0.15, 0.2) is 0 Å². The fourth-order valence-electron chi connectivity index (χ4n) is 4.00. The Hall–Kier alpha value is -0.0800. The Morgan fingerprint density at radius 3 is 2.37 bits per heavy atom. The van der Waals surface area contributed by atoms with Crippen molar-refractivity contribution in [3.8, 4) is 0 Å². The predicted molar refractivity (Wildman–Crippen MR) is 81.4 cm³/mol. The molecule has 19 heavy (non-hydrogen) atoms. The van der Waals surface area contributed by atoms with E-state index in [2.05, 4.69) is 17.1 Å². The second kappa shape index (κ2) is 6.58. The fourth-order valence-corrected chi connectivity index (χ4v) is 4.00. The molecule has 3 rings (SSSR count). The number of rotatable bonds is 7. The monoisotopic (exact) mass is 264 g/mol. The Balaban J connectivity index is 1.41. The lowest BCUT2D eigenvalue weighted by Crippen LogP contribution is -2.43. The zero-order chi connectivity index (χ0) is 13.1. The maximum absolute atomic E-state index is 3.91. The maximum atomic E-state index is 3.91. The van der Waals surface area contributed by atoms with E-state index in [0.29, 0.717) is 0 Å². The van der Waals surface area contributed by atoms with Gasteiger partial charge in [-0.25, -0.2) is 0 Å². The van der Waals surface area contributed by atoms with Crippen LogP contribution in [0.5, 0.6) is 0 Å². The summed E-state index contributed by atoms with van der Waals surface area (Å²) < 4.78 is 0. The minimum absolute atomic E-state index is 0.865. The van der Waals surface area contributed by atoms with Gasteiger partial charge in [0.1, 0.15) is 0 Å². The molecule has 2 saturated carbocycles. The third kappa shape index (κ3) is 3.95. The molecule has 0 aromatic carbocycles. The highest BCUT2D eigenvalue weighted by atomic mass is 15.2. The van der Waals surface area contributed by atoms with Gasteiger partial charge in [-0.2, -0.15) is 0 Å². The standard InChI is InChI=1S/C17H32N2/c1-2-16-6-4-3-5-12-19(16)13-11-18-17(14-7-8-14)15-9-10-15/h14-18H,2-13H2,1H3. The lowest BCUT2D eigenvalue weighted by atomic mass is 10.1. The molecule has 1 N–H and O–H groups in total. The van der Waals surface area contributed by atoms with Crippen molar-refractivity contribution in [2.75, 3.05) is 19.6 Å². The van der Waals surface area contributed by atoms with Gasteiger partial charge in [0.15, 0.2) is 0 Å². The van der Waals surface area contributed by atoms with E-state index < -0.39 is 0 Å². The van der Waals surface area contributed by atoms with Crippen LogP contribution in [-0.4, -0.2) is 36.6 Å². The molecule has 3 aliphatic rings. The first-order valence-electron chi connectivity index (χ1n) is 8.86. The molecular weight excluding hydrogens is 232 g/mol. The number of nitrogens with zero attached hydrogens (tertiary/aromatic N) is 1. The Bertz CT molecular complexity index is 258. The molecule has 2 heteroatoms. The molecule has 0 aromatic heterocycles. The van der Waals surface area contributed by atoms with Crippen LogP contribution in [0.25, 0.3) is 0 Å². The van der Waals surface area contributed by atoms with Crippen LogP contribution in [0, 0.1) is 11.8 Å². The first kappa shape index (κ1) is 13.9. The molecule has 0 spiro atoms. The summed E-state index contributed by atoms with van der Waals surface area (Å²) >= 11 is 0. The van der Waals surface area contributed by atoms with E-state index in [1.807, 2.05) is 0 Å². The van der Waals surface area contributed by atoms with Gasteiger partial charge in [0.05, 0.1) is 0 Å². The highest BCUT2D eigenvalue weighted by molar-refractivity contribution is 4.96. The molecule has 2 aliphatic carbocycles. The van der Waals surface area contributed by atoms with E-state index >= 15 is 0 Å². The van der Waals surface area contributed by atoms with Crippen LogP contribution in [-0.2, 0) is 0 Å². The Morgan fingerprint density at radius 1 is 1.00 bits per heavy atom. The summed E-state index contributed by atoms with van der Waals surface area (Å²) in [6.45, 7) is 6.23. The van der Waals surface area contributed by atoms with Gasteiger partial charge in [-0.3, -0.25) is 4.90 Å². The van der Waals surface area contributed by atoms with Crippen LogP contribution in [0.4, 0.5) is 0 Å². The van der Waals surface area contributed by atoms with E-state index in [9.17, 15) is 0 Å². The average molecular weight is 264 g/mol. The molecule has 0 bridgehead atoms. The van der Waals surface area contributed by atoms with Crippen molar-refractivity contribution in [2.24, 2.45) is 11.8 Å². The summed E-state index contributed by atoms with van der Waals surface area (Å²) in [5, 5.41) is 3.91. The number of nitrogens with one attached hydrogen (secondary N) is 1. The van der Waals surface area contributed by atoms with Crippen LogP contribution in [0.2, 0.25) is 0 Å².